The molecular weight excluding hydrogens is 768 g/mol. The van der Waals surface area contributed by atoms with E-state index in [1.165, 1.54) is 16.8 Å². The molecule has 1 aliphatic carbocycles. The van der Waals surface area contributed by atoms with Crippen LogP contribution in [0.5, 0.6) is 11.5 Å². The SMILES string of the molecule is C.C.CC1(C)C(NC(=O)c2ccc(N3CCN(CCCCCOc4ccc5c(-n6ccc(=O)[nH]c6=O)cncc5c4)CC3)nc2)C(C)(C)C1Oc1ccc(C#N)c(Cl)c1. The van der Waals surface area contributed by atoms with Crippen molar-refractivity contribution >= 4 is 34.1 Å². The van der Waals surface area contributed by atoms with Crippen LogP contribution in [0.3, 0.4) is 0 Å². The highest BCUT2D eigenvalue weighted by molar-refractivity contribution is 6.31. The zero-order valence-corrected chi connectivity index (χ0v) is 33.4. The molecule has 0 bridgehead atoms. The van der Waals surface area contributed by atoms with Crippen LogP contribution >= 0.6 is 11.6 Å². The largest absolute Gasteiger partial charge is 0.494 e. The molecule has 0 radical (unpaired) electrons. The lowest BCUT2D eigenvalue weighted by molar-refractivity contribution is -0.164. The number of carbonyl (C=O) groups excluding carboxylic acids is 1. The number of amides is 1. The number of anilines is 1. The Labute approximate surface area is 351 Å². The summed E-state index contributed by atoms with van der Waals surface area (Å²) in [6.07, 6.45) is 9.32. The highest BCUT2D eigenvalue weighted by Gasteiger charge is 2.64. The van der Waals surface area contributed by atoms with Crippen molar-refractivity contribution in [1.82, 2.24) is 29.7 Å². The van der Waals surface area contributed by atoms with E-state index in [9.17, 15) is 19.6 Å². The number of unbranched alkanes of at least 4 members (excludes halogenated alkanes) is 2. The maximum absolute atomic E-state index is 13.4. The summed E-state index contributed by atoms with van der Waals surface area (Å²) in [7, 11) is 0. The summed E-state index contributed by atoms with van der Waals surface area (Å²) >= 11 is 6.24. The van der Waals surface area contributed by atoms with Gasteiger partial charge in [-0.2, -0.15) is 5.26 Å². The fraction of sp³-hybridized carbons (Fsp3) is 0.422. The summed E-state index contributed by atoms with van der Waals surface area (Å²) in [5, 5.41) is 14.5. The van der Waals surface area contributed by atoms with Gasteiger partial charge in [0.2, 0.25) is 0 Å². The monoisotopic (exact) mass is 822 g/mol. The number of pyridine rings is 2. The van der Waals surface area contributed by atoms with Crippen LogP contribution in [0, 0.1) is 22.2 Å². The number of carbonyl (C=O) groups is 1. The second-order valence-corrected chi connectivity index (χ2v) is 16.4. The van der Waals surface area contributed by atoms with Gasteiger partial charge in [0.15, 0.2) is 0 Å². The van der Waals surface area contributed by atoms with Crippen LogP contribution in [-0.2, 0) is 0 Å². The molecule has 1 saturated carbocycles. The maximum Gasteiger partial charge on any atom is 0.332 e. The van der Waals surface area contributed by atoms with Crippen molar-refractivity contribution in [3.8, 4) is 23.3 Å². The van der Waals surface area contributed by atoms with Gasteiger partial charge in [0, 0.05) is 84.5 Å². The van der Waals surface area contributed by atoms with Crippen LogP contribution in [0.25, 0.3) is 16.5 Å². The number of hydrogen-bond acceptors (Lipinski definition) is 10. The number of aromatic nitrogens is 4. The van der Waals surface area contributed by atoms with Crippen LogP contribution in [0.4, 0.5) is 5.82 Å². The zero-order chi connectivity index (χ0) is 40.3. The summed E-state index contributed by atoms with van der Waals surface area (Å²) < 4.78 is 13.8. The lowest BCUT2D eigenvalue weighted by atomic mass is 9.49. The van der Waals surface area contributed by atoms with Crippen molar-refractivity contribution in [2.75, 3.05) is 44.2 Å². The van der Waals surface area contributed by atoms with E-state index in [-0.39, 0.29) is 43.7 Å². The summed E-state index contributed by atoms with van der Waals surface area (Å²) in [4.78, 5) is 53.2. The van der Waals surface area contributed by atoms with E-state index in [2.05, 4.69) is 63.8 Å². The Hall–Kier alpha value is -5.71. The Balaban J connectivity index is 0.00000331. The number of rotatable bonds is 13. The second kappa shape index (κ2) is 18.5. The topological polar surface area (TPSA) is 158 Å². The number of halogens is 1. The maximum atomic E-state index is 13.4. The number of fused-ring (bicyclic) bond motifs is 1. The van der Waals surface area contributed by atoms with E-state index >= 15 is 0 Å². The molecule has 2 fully saturated rings. The van der Waals surface area contributed by atoms with Gasteiger partial charge in [0.1, 0.15) is 29.5 Å². The van der Waals surface area contributed by atoms with Gasteiger partial charge in [-0.1, -0.05) is 54.1 Å². The van der Waals surface area contributed by atoms with E-state index in [1.54, 1.807) is 36.8 Å². The van der Waals surface area contributed by atoms with Crippen LogP contribution in [0.1, 0.15) is 77.7 Å². The molecule has 0 spiro atoms. The standard InChI is InChI=1S/C43H47ClN8O5.2CH4/c1-42(2)39(43(3,4)40(42)57-32-10-8-28(24-45)34(44)23-32)49-38(54)29-9-13-36(47-26-29)51-19-17-50(18-20-51)15-6-5-7-21-56-31-11-12-33-30(22-31)25-46-27-35(33)52-16-14-37(53)48-41(52)55;;/h8-14,16,22-23,25-27,39-40H,5-7,15,17-21H2,1-4H3,(H,49,54)(H,48,53,55);2*1H4. The van der Waals surface area contributed by atoms with Gasteiger partial charge in [-0.3, -0.25) is 29.0 Å². The zero-order valence-electron chi connectivity index (χ0n) is 32.6. The van der Waals surface area contributed by atoms with Gasteiger partial charge in [-0.25, -0.2) is 9.78 Å². The quantitative estimate of drug-likeness (QED) is 0.116. The van der Waals surface area contributed by atoms with Crippen molar-refractivity contribution in [3.63, 3.8) is 0 Å². The Bertz CT molecular complexity index is 2400. The van der Waals surface area contributed by atoms with Crippen LogP contribution in [-0.4, -0.2) is 81.8 Å². The van der Waals surface area contributed by atoms with Crippen molar-refractivity contribution < 1.29 is 14.3 Å². The average Bonchev–Trinajstić information content (AvgIpc) is 3.20. The molecule has 0 atom stereocenters. The molecule has 4 heterocycles. The van der Waals surface area contributed by atoms with Crippen molar-refractivity contribution in [3.05, 3.63) is 116 Å². The minimum Gasteiger partial charge on any atom is -0.494 e. The summed E-state index contributed by atoms with van der Waals surface area (Å²) in [5.74, 6) is 2.04. The third-order valence-electron chi connectivity index (χ3n) is 11.3. The highest BCUT2D eigenvalue weighted by atomic mass is 35.5. The summed E-state index contributed by atoms with van der Waals surface area (Å²) in [5.41, 5.74) is -0.175. The molecule has 3 aromatic heterocycles. The number of nitrogens with zero attached hydrogens (tertiary/aromatic N) is 6. The van der Waals surface area contributed by atoms with Crippen LogP contribution < -0.4 is 30.9 Å². The third kappa shape index (κ3) is 9.45. The number of nitriles is 1. The van der Waals surface area contributed by atoms with E-state index in [0.29, 0.717) is 34.2 Å². The first-order valence-electron chi connectivity index (χ1n) is 19.3. The van der Waals surface area contributed by atoms with Gasteiger partial charge >= 0.3 is 5.69 Å². The Morgan fingerprint density at radius 2 is 1.68 bits per heavy atom. The fourth-order valence-corrected chi connectivity index (χ4v) is 8.76. The number of ether oxygens (including phenoxy) is 2. The van der Waals surface area contributed by atoms with E-state index in [0.717, 1.165) is 74.3 Å². The molecule has 14 heteroatoms. The number of nitrogens with one attached hydrogen (secondary N) is 2. The number of aromatic amines is 1. The van der Waals surface area contributed by atoms with Gasteiger partial charge in [0.05, 0.1) is 34.6 Å². The smallest absolute Gasteiger partial charge is 0.332 e. The van der Waals surface area contributed by atoms with Gasteiger partial charge in [-0.15, -0.1) is 0 Å². The van der Waals surface area contributed by atoms with Crippen molar-refractivity contribution in [2.45, 2.75) is 74.0 Å². The lowest BCUT2D eigenvalue weighted by Gasteiger charge is -2.63. The summed E-state index contributed by atoms with van der Waals surface area (Å²) in [6, 6.07) is 17.8. The molecule has 1 aliphatic heterocycles. The first-order valence-corrected chi connectivity index (χ1v) is 19.7. The van der Waals surface area contributed by atoms with Crippen LogP contribution in [0.2, 0.25) is 5.02 Å². The molecule has 1 amide bonds. The lowest BCUT2D eigenvalue weighted by Crippen LogP contribution is -2.74. The van der Waals surface area contributed by atoms with Gasteiger partial charge in [0.25, 0.3) is 11.5 Å². The van der Waals surface area contributed by atoms with E-state index in [4.69, 9.17) is 21.1 Å². The molecule has 5 aromatic rings. The molecule has 2 N–H and O–H groups in total. The van der Waals surface area contributed by atoms with Gasteiger partial charge < -0.3 is 19.7 Å². The molecular formula is C45H55ClN8O5. The first-order chi connectivity index (χ1) is 27.3. The molecule has 13 nitrogen and oxygen atoms in total. The van der Waals surface area contributed by atoms with E-state index in [1.807, 2.05) is 30.3 Å². The second-order valence-electron chi connectivity index (χ2n) is 16.0. The third-order valence-corrected chi connectivity index (χ3v) is 11.6. The predicted molar refractivity (Wildman–Crippen MR) is 233 cm³/mol. The van der Waals surface area contributed by atoms with Gasteiger partial charge in [-0.05, 0) is 68.3 Å². The Kier molecular flexibility index (Phi) is 13.9. The summed E-state index contributed by atoms with van der Waals surface area (Å²) in [6.45, 7) is 13.6. The average molecular weight is 823 g/mol. The minimum absolute atomic E-state index is 0. The molecule has 7 rings (SSSR count). The molecule has 2 aromatic carbocycles. The molecule has 312 valence electrons. The Morgan fingerprint density at radius 3 is 2.36 bits per heavy atom. The number of H-pyrrole nitrogens is 1. The molecule has 59 heavy (non-hydrogen) atoms. The molecule has 1 saturated heterocycles. The Morgan fingerprint density at radius 1 is 0.932 bits per heavy atom. The number of hydrogen-bond donors (Lipinski definition) is 2. The normalized spacial score (nSPS) is 18.1. The van der Waals surface area contributed by atoms with Crippen molar-refractivity contribution in [1.29, 1.82) is 5.26 Å². The minimum atomic E-state index is -0.515. The van der Waals surface area contributed by atoms with E-state index < -0.39 is 11.2 Å². The highest BCUT2D eigenvalue weighted by Crippen LogP contribution is 2.55. The van der Waals surface area contributed by atoms with Crippen molar-refractivity contribution in [2.24, 2.45) is 10.8 Å². The predicted octanol–water partition coefficient (Wildman–Crippen LogP) is 7.25. The fourth-order valence-electron chi connectivity index (χ4n) is 8.55. The molecule has 2 aliphatic rings. The number of benzene rings is 2. The van der Waals surface area contributed by atoms with Crippen LogP contribution in [0.15, 0.2) is 89.0 Å². The number of piperazine rings is 1. The first kappa shape index (κ1) is 44.4. The molecule has 0 unspecified atom stereocenters.